The van der Waals surface area contributed by atoms with E-state index in [1.165, 1.54) is 35.9 Å². The number of carboxylic acid groups (broad SMARTS) is 1. The van der Waals surface area contributed by atoms with Crippen LogP contribution < -0.4 is 0 Å². The van der Waals surface area contributed by atoms with Crippen LogP contribution >= 0.6 is 24.0 Å². The number of nitrogens with zero attached hydrogens (tertiary/aromatic N) is 1. The quantitative estimate of drug-likeness (QED) is 0.286. The molecule has 1 aliphatic rings. The minimum atomic E-state index is -0.860. The lowest BCUT2D eigenvalue weighted by Crippen LogP contribution is -2.29. The number of carbonyl (C=O) groups excluding carboxylic acids is 1. The standard InChI is InChI=1S/C22H27NO3S2/c1-2-3-4-6-12-18(15-17-10-7-5-8-11-17)16-19-21(26)23(22(27)28-19)14-9-13-20(24)25/h5,7-8,10-11,15-16H,2-4,6,9,12-14H2,1H3,(H,24,25). The summed E-state index contributed by atoms with van der Waals surface area (Å²) < 4.78 is 0.506. The van der Waals surface area contributed by atoms with Gasteiger partial charge in [-0.15, -0.1) is 0 Å². The van der Waals surface area contributed by atoms with Crippen LogP contribution in [0.3, 0.4) is 0 Å². The molecule has 1 fully saturated rings. The minimum Gasteiger partial charge on any atom is -0.481 e. The van der Waals surface area contributed by atoms with Gasteiger partial charge in [-0.3, -0.25) is 14.5 Å². The lowest BCUT2D eigenvalue weighted by molar-refractivity contribution is -0.137. The third-order valence-electron chi connectivity index (χ3n) is 4.43. The lowest BCUT2D eigenvalue weighted by Gasteiger charge is -2.13. The first kappa shape index (κ1) is 22.4. The Morgan fingerprint density at radius 3 is 2.57 bits per heavy atom. The van der Waals surface area contributed by atoms with Crippen molar-refractivity contribution in [2.24, 2.45) is 0 Å². The van der Waals surface area contributed by atoms with Crippen molar-refractivity contribution >= 4 is 46.3 Å². The zero-order chi connectivity index (χ0) is 20.4. The molecule has 1 aliphatic heterocycles. The molecule has 1 amide bonds. The topological polar surface area (TPSA) is 57.6 Å². The van der Waals surface area contributed by atoms with E-state index in [0.29, 0.717) is 22.2 Å². The van der Waals surface area contributed by atoms with Gasteiger partial charge in [0.25, 0.3) is 5.91 Å². The summed E-state index contributed by atoms with van der Waals surface area (Å²) in [4.78, 5) is 25.6. The minimum absolute atomic E-state index is 0.0344. The van der Waals surface area contributed by atoms with Crippen LogP contribution in [0.4, 0.5) is 0 Å². The van der Waals surface area contributed by atoms with Gasteiger partial charge in [-0.25, -0.2) is 0 Å². The van der Waals surface area contributed by atoms with Crippen molar-refractivity contribution in [2.75, 3.05) is 6.54 Å². The van der Waals surface area contributed by atoms with Crippen LogP contribution in [-0.2, 0) is 9.59 Å². The number of amides is 1. The number of carboxylic acids is 1. The summed E-state index contributed by atoms with van der Waals surface area (Å²) in [5.74, 6) is -0.978. The van der Waals surface area contributed by atoms with E-state index in [2.05, 4.69) is 25.1 Å². The van der Waals surface area contributed by atoms with E-state index >= 15 is 0 Å². The second-order valence-electron chi connectivity index (χ2n) is 6.77. The summed E-state index contributed by atoms with van der Waals surface area (Å²) in [6.07, 6.45) is 10.1. The maximum atomic E-state index is 12.7. The molecule has 0 aromatic heterocycles. The Morgan fingerprint density at radius 1 is 1.14 bits per heavy atom. The fourth-order valence-corrected chi connectivity index (χ4v) is 4.28. The van der Waals surface area contributed by atoms with E-state index in [-0.39, 0.29) is 12.3 Å². The molecule has 4 nitrogen and oxygen atoms in total. The van der Waals surface area contributed by atoms with E-state index in [0.717, 1.165) is 24.0 Å². The maximum Gasteiger partial charge on any atom is 0.303 e. The van der Waals surface area contributed by atoms with Gasteiger partial charge in [0.2, 0.25) is 0 Å². The number of allylic oxidation sites excluding steroid dienone is 2. The molecule has 1 heterocycles. The first-order valence-corrected chi connectivity index (χ1v) is 11.0. The Hall–Kier alpha value is -1.92. The Labute approximate surface area is 176 Å². The van der Waals surface area contributed by atoms with Crippen molar-refractivity contribution in [3.05, 3.63) is 52.4 Å². The van der Waals surface area contributed by atoms with Gasteiger partial charge in [-0.2, -0.15) is 0 Å². The number of benzene rings is 1. The van der Waals surface area contributed by atoms with Crippen LogP contribution in [-0.4, -0.2) is 32.7 Å². The summed E-state index contributed by atoms with van der Waals surface area (Å²) in [6, 6.07) is 10.1. The molecule has 0 bridgehead atoms. The molecule has 0 unspecified atom stereocenters. The van der Waals surface area contributed by atoms with Gasteiger partial charge in [0.05, 0.1) is 4.91 Å². The van der Waals surface area contributed by atoms with Gasteiger partial charge in [-0.05, 0) is 36.5 Å². The van der Waals surface area contributed by atoms with E-state index in [9.17, 15) is 9.59 Å². The molecule has 6 heteroatoms. The predicted octanol–water partition coefficient (Wildman–Crippen LogP) is 5.65. The highest BCUT2D eigenvalue weighted by Crippen LogP contribution is 2.33. The van der Waals surface area contributed by atoms with Crippen LogP contribution in [0.5, 0.6) is 0 Å². The van der Waals surface area contributed by atoms with E-state index in [1.54, 1.807) is 0 Å². The molecule has 0 aliphatic carbocycles. The molecule has 1 N–H and O–H groups in total. The van der Waals surface area contributed by atoms with Crippen LogP contribution in [0.25, 0.3) is 6.08 Å². The summed E-state index contributed by atoms with van der Waals surface area (Å²) in [5.41, 5.74) is 2.23. The average Bonchev–Trinajstić information content (AvgIpc) is 2.93. The van der Waals surface area contributed by atoms with E-state index < -0.39 is 5.97 Å². The number of hydrogen-bond donors (Lipinski definition) is 1. The molecule has 1 aromatic carbocycles. The van der Waals surface area contributed by atoms with Crippen molar-refractivity contribution in [1.82, 2.24) is 4.90 Å². The van der Waals surface area contributed by atoms with Gasteiger partial charge >= 0.3 is 5.97 Å². The number of carbonyl (C=O) groups is 2. The molecule has 0 atom stereocenters. The second kappa shape index (κ2) is 11.8. The van der Waals surface area contributed by atoms with Crippen LogP contribution in [0, 0.1) is 0 Å². The molecule has 0 radical (unpaired) electrons. The van der Waals surface area contributed by atoms with E-state index in [4.69, 9.17) is 17.3 Å². The Bertz CT molecular complexity index is 756. The van der Waals surface area contributed by atoms with Crippen molar-refractivity contribution in [2.45, 2.75) is 51.9 Å². The first-order chi connectivity index (χ1) is 13.5. The third-order valence-corrected chi connectivity index (χ3v) is 5.81. The number of hydrogen-bond acceptors (Lipinski definition) is 4. The van der Waals surface area contributed by atoms with Crippen LogP contribution in [0.1, 0.15) is 57.4 Å². The fraction of sp³-hybridized carbons (Fsp3) is 0.409. The Kier molecular flexibility index (Phi) is 9.44. The molecule has 1 saturated heterocycles. The molecular formula is C22H27NO3S2. The van der Waals surface area contributed by atoms with Crippen LogP contribution in [0.15, 0.2) is 46.9 Å². The highest BCUT2D eigenvalue weighted by atomic mass is 32.2. The molecular weight excluding hydrogens is 390 g/mol. The van der Waals surface area contributed by atoms with Gasteiger partial charge < -0.3 is 5.11 Å². The zero-order valence-electron chi connectivity index (χ0n) is 16.2. The van der Waals surface area contributed by atoms with Gasteiger partial charge in [-0.1, -0.05) is 86.6 Å². The zero-order valence-corrected chi connectivity index (χ0v) is 17.9. The second-order valence-corrected chi connectivity index (χ2v) is 8.45. The highest BCUT2D eigenvalue weighted by Gasteiger charge is 2.31. The molecule has 1 aromatic rings. The summed E-state index contributed by atoms with van der Waals surface area (Å²) in [6.45, 7) is 2.54. The highest BCUT2D eigenvalue weighted by molar-refractivity contribution is 8.26. The van der Waals surface area contributed by atoms with Crippen molar-refractivity contribution < 1.29 is 14.7 Å². The summed E-state index contributed by atoms with van der Waals surface area (Å²) >= 11 is 6.64. The van der Waals surface area contributed by atoms with Gasteiger partial charge in [0.1, 0.15) is 4.32 Å². The molecule has 28 heavy (non-hydrogen) atoms. The molecule has 150 valence electrons. The number of thiocarbonyl (C=S) groups is 1. The smallest absolute Gasteiger partial charge is 0.303 e. The molecule has 0 saturated carbocycles. The SMILES string of the molecule is CCCCCCC(=Cc1ccccc1)C=C1SC(=S)N(CCCC(=O)O)C1=O. The lowest BCUT2D eigenvalue weighted by atomic mass is 10.0. The van der Waals surface area contributed by atoms with Crippen LogP contribution in [0.2, 0.25) is 0 Å². The van der Waals surface area contributed by atoms with Crippen molar-refractivity contribution in [3.8, 4) is 0 Å². The normalized spacial score (nSPS) is 16.2. The number of unbranched alkanes of at least 4 members (excludes halogenated alkanes) is 3. The number of aliphatic carboxylic acids is 1. The Balaban J connectivity index is 2.13. The van der Waals surface area contributed by atoms with Gasteiger partial charge in [0, 0.05) is 13.0 Å². The van der Waals surface area contributed by atoms with E-state index in [1.807, 2.05) is 24.3 Å². The summed E-state index contributed by atoms with van der Waals surface area (Å²) in [7, 11) is 0. The molecule has 0 spiro atoms. The Morgan fingerprint density at radius 2 is 1.89 bits per heavy atom. The number of rotatable bonds is 11. The third kappa shape index (κ3) is 7.24. The first-order valence-electron chi connectivity index (χ1n) is 9.74. The van der Waals surface area contributed by atoms with Gasteiger partial charge in [0.15, 0.2) is 0 Å². The maximum absolute atomic E-state index is 12.7. The monoisotopic (exact) mass is 417 g/mol. The number of thioether (sulfide) groups is 1. The largest absolute Gasteiger partial charge is 0.481 e. The fourth-order valence-electron chi connectivity index (χ4n) is 2.95. The molecule has 2 rings (SSSR count). The van der Waals surface area contributed by atoms with Crippen molar-refractivity contribution in [1.29, 1.82) is 0 Å². The predicted molar refractivity (Wildman–Crippen MR) is 120 cm³/mol. The van der Waals surface area contributed by atoms with Crippen molar-refractivity contribution in [3.63, 3.8) is 0 Å². The summed E-state index contributed by atoms with van der Waals surface area (Å²) in [5, 5.41) is 8.79. The average molecular weight is 418 g/mol.